The third kappa shape index (κ3) is 4.78. The van der Waals surface area contributed by atoms with Crippen LogP contribution in [0.2, 0.25) is 0 Å². The first-order chi connectivity index (χ1) is 12.3. The van der Waals surface area contributed by atoms with Crippen LogP contribution in [-0.2, 0) is 4.79 Å². The van der Waals surface area contributed by atoms with Gasteiger partial charge in [0.1, 0.15) is 11.8 Å². The van der Waals surface area contributed by atoms with Crippen molar-refractivity contribution in [3.05, 3.63) is 59.7 Å². The van der Waals surface area contributed by atoms with Crippen LogP contribution < -0.4 is 15.4 Å². The number of rotatable bonds is 6. The van der Waals surface area contributed by atoms with Crippen molar-refractivity contribution in [2.24, 2.45) is 5.92 Å². The van der Waals surface area contributed by atoms with E-state index in [0.29, 0.717) is 11.3 Å². The summed E-state index contributed by atoms with van der Waals surface area (Å²) >= 11 is 0. The van der Waals surface area contributed by atoms with Crippen molar-refractivity contribution in [3.63, 3.8) is 0 Å². The van der Waals surface area contributed by atoms with Gasteiger partial charge in [-0.25, -0.2) is 8.78 Å². The molecule has 0 fully saturated rings. The Labute approximate surface area is 150 Å². The Morgan fingerprint density at radius 2 is 1.65 bits per heavy atom. The van der Waals surface area contributed by atoms with Gasteiger partial charge in [0.25, 0.3) is 5.91 Å². The summed E-state index contributed by atoms with van der Waals surface area (Å²) in [5.74, 6) is -2.62. The number of amides is 2. The minimum absolute atomic E-state index is 0.109. The zero-order valence-electron chi connectivity index (χ0n) is 14.7. The number of halogens is 2. The average molecular weight is 362 g/mol. The standard InChI is InChI=1S/C19H20F2N2O3/c1-11(2)17(19(25)22-13-6-9-15(20)16(21)10-13)23-18(24)12-4-7-14(26-3)8-5-12/h4-11,17H,1-3H3,(H,22,25)(H,23,24)/t17-/m0/s1. The first-order valence-electron chi connectivity index (χ1n) is 8.02. The number of hydrogen-bond acceptors (Lipinski definition) is 3. The van der Waals surface area contributed by atoms with Crippen molar-refractivity contribution in [3.8, 4) is 5.75 Å². The summed E-state index contributed by atoms with van der Waals surface area (Å²) in [4.78, 5) is 24.8. The van der Waals surface area contributed by atoms with Gasteiger partial charge in [0.15, 0.2) is 11.6 Å². The second-order valence-electron chi connectivity index (χ2n) is 6.04. The second kappa shape index (κ2) is 8.42. The molecule has 0 spiro atoms. The van der Waals surface area contributed by atoms with Crippen LogP contribution in [0.3, 0.4) is 0 Å². The molecule has 0 radical (unpaired) electrons. The van der Waals surface area contributed by atoms with E-state index in [2.05, 4.69) is 10.6 Å². The van der Waals surface area contributed by atoms with E-state index in [1.807, 2.05) is 0 Å². The van der Waals surface area contributed by atoms with E-state index in [1.54, 1.807) is 38.1 Å². The summed E-state index contributed by atoms with van der Waals surface area (Å²) in [6.07, 6.45) is 0. The summed E-state index contributed by atoms with van der Waals surface area (Å²) in [6.45, 7) is 3.54. The third-order valence-corrected chi connectivity index (χ3v) is 3.78. The number of carbonyl (C=O) groups excluding carboxylic acids is 2. The molecule has 0 heterocycles. The predicted molar refractivity (Wildman–Crippen MR) is 94.1 cm³/mol. The van der Waals surface area contributed by atoms with Crippen LogP contribution in [0.4, 0.5) is 14.5 Å². The highest BCUT2D eigenvalue weighted by Gasteiger charge is 2.25. The first kappa shape index (κ1) is 19.4. The molecule has 138 valence electrons. The van der Waals surface area contributed by atoms with E-state index >= 15 is 0 Å². The van der Waals surface area contributed by atoms with Gasteiger partial charge in [0, 0.05) is 17.3 Å². The molecule has 7 heteroatoms. The Bertz CT molecular complexity index is 792. The van der Waals surface area contributed by atoms with Crippen molar-refractivity contribution in [2.75, 3.05) is 12.4 Å². The summed E-state index contributed by atoms with van der Waals surface area (Å²) in [7, 11) is 1.52. The summed E-state index contributed by atoms with van der Waals surface area (Å²) < 4.78 is 31.3. The topological polar surface area (TPSA) is 67.4 Å². The molecule has 0 saturated heterocycles. The number of ether oxygens (including phenoxy) is 1. The lowest BCUT2D eigenvalue weighted by Gasteiger charge is -2.22. The molecule has 0 aliphatic carbocycles. The molecular weight excluding hydrogens is 342 g/mol. The molecule has 2 aromatic carbocycles. The number of hydrogen-bond donors (Lipinski definition) is 2. The molecule has 2 N–H and O–H groups in total. The molecule has 0 bridgehead atoms. The quantitative estimate of drug-likeness (QED) is 0.828. The van der Waals surface area contributed by atoms with Crippen LogP contribution in [0.25, 0.3) is 0 Å². The van der Waals surface area contributed by atoms with Crippen molar-refractivity contribution in [2.45, 2.75) is 19.9 Å². The lowest BCUT2D eigenvalue weighted by Crippen LogP contribution is -2.47. The molecule has 0 unspecified atom stereocenters. The fourth-order valence-electron chi connectivity index (χ4n) is 2.30. The van der Waals surface area contributed by atoms with Gasteiger partial charge in [0.05, 0.1) is 7.11 Å². The Morgan fingerprint density at radius 3 is 2.19 bits per heavy atom. The maximum atomic E-state index is 13.3. The molecule has 0 aliphatic heterocycles. The molecule has 2 aromatic rings. The molecule has 5 nitrogen and oxygen atoms in total. The zero-order chi connectivity index (χ0) is 19.3. The number of anilines is 1. The van der Waals surface area contributed by atoms with Crippen molar-refractivity contribution >= 4 is 17.5 Å². The van der Waals surface area contributed by atoms with Gasteiger partial charge >= 0.3 is 0 Å². The van der Waals surface area contributed by atoms with Crippen molar-refractivity contribution in [1.29, 1.82) is 0 Å². The Balaban J connectivity index is 2.10. The van der Waals surface area contributed by atoms with Gasteiger partial charge in [-0.05, 0) is 42.3 Å². The molecule has 26 heavy (non-hydrogen) atoms. The van der Waals surface area contributed by atoms with Crippen LogP contribution in [-0.4, -0.2) is 25.0 Å². The van der Waals surface area contributed by atoms with E-state index in [0.717, 1.165) is 12.1 Å². The SMILES string of the molecule is COc1ccc(C(=O)N[C@H](C(=O)Nc2ccc(F)c(F)c2)C(C)C)cc1. The maximum absolute atomic E-state index is 13.3. The summed E-state index contributed by atoms with van der Waals surface area (Å²) in [5.41, 5.74) is 0.482. The molecule has 0 aliphatic rings. The van der Waals surface area contributed by atoms with Crippen LogP contribution in [0.15, 0.2) is 42.5 Å². The fourth-order valence-corrected chi connectivity index (χ4v) is 2.30. The van der Waals surface area contributed by atoms with Crippen LogP contribution in [0, 0.1) is 17.6 Å². The molecule has 0 aromatic heterocycles. The molecule has 2 amide bonds. The van der Waals surface area contributed by atoms with Gasteiger partial charge < -0.3 is 15.4 Å². The van der Waals surface area contributed by atoms with Gasteiger partial charge in [-0.15, -0.1) is 0 Å². The van der Waals surface area contributed by atoms with E-state index < -0.39 is 29.5 Å². The van der Waals surface area contributed by atoms with Crippen LogP contribution >= 0.6 is 0 Å². The minimum atomic E-state index is -1.06. The lowest BCUT2D eigenvalue weighted by molar-refractivity contribution is -0.118. The summed E-state index contributed by atoms with van der Waals surface area (Å²) in [6, 6.07) is 8.65. The molecule has 2 rings (SSSR count). The molecular formula is C19H20F2N2O3. The predicted octanol–water partition coefficient (Wildman–Crippen LogP) is 3.37. The van der Waals surface area contributed by atoms with Gasteiger partial charge in [-0.2, -0.15) is 0 Å². The number of methoxy groups -OCH3 is 1. The summed E-state index contributed by atoms with van der Waals surface area (Å²) in [5, 5.41) is 5.14. The average Bonchev–Trinajstić information content (AvgIpc) is 2.62. The van der Waals surface area contributed by atoms with Crippen LogP contribution in [0.5, 0.6) is 5.75 Å². The van der Waals surface area contributed by atoms with Gasteiger partial charge in [0.2, 0.25) is 5.91 Å². The van der Waals surface area contributed by atoms with E-state index in [9.17, 15) is 18.4 Å². The van der Waals surface area contributed by atoms with Gasteiger partial charge in [-0.3, -0.25) is 9.59 Å². The van der Waals surface area contributed by atoms with Crippen molar-refractivity contribution in [1.82, 2.24) is 5.32 Å². The third-order valence-electron chi connectivity index (χ3n) is 3.78. The largest absolute Gasteiger partial charge is 0.497 e. The second-order valence-corrected chi connectivity index (χ2v) is 6.04. The Hall–Kier alpha value is -2.96. The minimum Gasteiger partial charge on any atom is -0.497 e. The Kier molecular flexibility index (Phi) is 6.27. The Morgan fingerprint density at radius 1 is 1.00 bits per heavy atom. The normalized spacial score (nSPS) is 11.8. The molecule has 1 atom stereocenters. The van der Waals surface area contributed by atoms with E-state index in [-0.39, 0.29) is 11.6 Å². The van der Waals surface area contributed by atoms with Gasteiger partial charge in [-0.1, -0.05) is 13.8 Å². The lowest BCUT2D eigenvalue weighted by atomic mass is 10.0. The maximum Gasteiger partial charge on any atom is 0.251 e. The zero-order valence-corrected chi connectivity index (χ0v) is 14.7. The monoisotopic (exact) mass is 362 g/mol. The highest BCUT2D eigenvalue weighted by molar-refractivity contribution is 6.01. The van der Waals surface area contributed by atoms with Crippen molar-refractivity contribution < 1.29 is 23.1 Å². The van der Waals surface area contributed by atoms with Crippen LogP contribution in [0.1, 0.15) is 24.2 Å². The number of nitrogens with one attached hydrogen (secondary N) is 2. The van der Waals surface area contributed by atoms with E-state index in [1.165, 1.54) is 13.2 Å². The molecule has 0 saturated carbocycles. The first-order valence-corrected chi connectivity index (χ1v) is 8.02. The smallest absolute Gasteiger partial charge is 0.251 e. The fraction of sp³-hybridized carbons (Fsp3) is 0.263. The number of benzene rings is 2. The number of carbonyl (C=O) groups is 2. The van der Waals surface area contributed by atoms with E-state index in [4.69, 9.17) is 4.74 Å². The highest BCUT2D eigenvalue weighted by Crippen LogP contribution is 2.15. The highest BCUT2D eigenvalue weighted by atomic mass is 19.2.